The van der Waals surface area contributed by atoms with Crippen molar-refractivity contribution in [3.8, 4) is 0 Å². The lowest BCUT2D eigenvalue weighted by Gasteiger charge is -2.36. The van der Waals surface area contributed by atoms with Crippen molar-refractivity contribution in [3.63, 3.8) is 0 Å². The van der Waals surface area contributed by atoms with E-state index in [0.717, 1.165) is 6.54 Å². The maximum Gasteiger partial charge on any atom is 0.103 e. The summed E-state index contributed by atoms with van der Waals surface area (Å²) in [5.41, 5.74) is 1.39. The second-order valence-corrected chi connectivity index (χ2v) is 7.47. The number of hydrogen-bond donors (Lipinski definition) is 0. The number of rotatable bonds is 11. The summed E-state index contributed by atoms with van der Waals surface area (Å²) in [4.78, 5) is 5.06. The molecule has 2 rings (SSSR count). The van der Waals surface area contributed by atoms with Crippen molar-refractivity contribution >= 4 is 0 Å². The first-order valence-electron chi connectivity index (χ1n) is 9.96. The third-order valence-corrected chi connectivity index (χ3v) is 4.95. The van der Waals surface area contributed by atoms with Crippen molar-refractivity contribution in [1.29, 1.82) is 0 Å². The molecule has 24 heavy (non-hydrogen) atoms. The van der Waals surface area contributed by atoms with E-state index < -0.39 is 0 Å². The third kappa shape index (κ3) is 5.89. The third-order valence-electron chi connectivity index (χ3n) is 4.95. The van der Waals surface area contributed by atoms with Crippen LogP contribution < -0.4 is 0 Å². The molecule has 0 aromatic heterocycles. The van der Waals surface area contributed by atoms with Gasteiger partial charge in [-0.05, 0) is 17.9 Å². The Bertz CT molecular complexity index is 466. The van der Waals surface area contributed by atoms with Crippen molar-refractivity contribution in [2.75, 3.05) is 6.54 Å². The van der Waals surface area contributed by atoms with E-state index >= 15 is 0 Å². The molecular formula is C22H36N2. The number of benzene rings is 1. The molecular weight excluding hydrogens is 292 g/mol. The molecule has 0 saturated carbocycles. The molecule has 2 heteroatoms. The van der Waals surface area contributed by atoms with Gasteiger partial charge in [-0.25, -0.2) is 0 Å². The van der Waals surface area contributed by atoms with Gasteiger partial charge in [-0.15, -0.1) is 0 Å². The van der Waals surface area contributed by atoms with Gasteiger partial charge in [0.1, 0.15) is 6.17 Å². The summed E-state index contributed by atoms with van der Waals surface area (Å²) in [5.74, 6) is 0.633. The zero-order chi connectivity index (χ0) is 17.2. The van der Waals surface area contributed by atoms with E-state index in [4.69, 9.17) is 0 Å². The van der Waals surface area contributed by atoms with Gasteiger partial charge in [0.2, 0.25) is 0 Å². The Kier molecular flexibility index (Phi) is 8.21. The standard InChI is InChI=1S/C22H36N2/c1-4-5-6-7-8-9-13-16-23-17-18-24(22(23)20(2)3)19-21-14-11-10-12-15-21/h10-12,14-15,17-18,20,22H,4-9,13,16,19H2,1-3H3. The lowest BCUT2D eigenvalue weighted by Crippen LogP contribution is -2.42. The molecule has 1 aliphatic heterocycles. The Morgan fingerprint density at radius 2 is 1.46 bits per heavy atom. The first-order valence-corrected chi connectivity index (χ1v) is 9.96. The van der Waals surface area contributed by atoms with Crippen LogP contribution >= 0.6 is 0 Å². The molecule has 1 atom stereocenters. The van der Waals surface area contributed by atoms with Crippen molar-refractivity contribution in [3.05, 3.63) is 48.3 Å². The second kappa shape index (κ2) is 10.4. The van der Waals surface area contributed by atoms with Gasteiger partial charge < -0.3 is 9.80 Å². The van der Waals surface area contributed by atoms with Crippen LogP contribution in [0, 0.1) is 5.92 Å². The highest BCUT2D eigenvalue weighted by Gasteiger charge is 2.28. The van der Waals surface area contributed by atoms with E-state index in [0.29, 0.717) is 12.1 Å². The van der Waals surface area contributed by atoms with E-state index in [-0.39, 0.29) is 0 Å². The van der Waals surface area contributed by atoms with Gasteiger partial charge in [0.25, 0.3) is 0 Å². The minimum atomic E-state index is 0.505. The Morgan fingerprint density at radius 3 is 2.12 bits per heavy atom. The van der Waals surface area contributed by atoms with E-state index in [9.17, 15) is 0 Å². The van der Waals surface area contributed by atoms with E-state index in [1.807, 2.05) is 0 Å². The molecule has 0 N–H and O–H groups in total. The Labute approximate surface area is 149 Å². The maximum atomic E-state index is 2.56. The van der Waals surface area contributed by atoms with Crippen LogP contribution in [0.3, 0.4) is 0 Å². The summed E-state index contributed by atoms with van der Waals surface area (Å²) < 4.78 is 0. The molecule has 1 heterocycles. The Hall–Kier alpha value is -1.44. The molecule has 134 valence electrons. The number of unbranched alkanes of at least 4 members (excludes halogenated alkanes) is 6. The van der Waals surface area contributed by atoms with Crippen LogP contribution in [0.25, 0.3) is 0 Å². The van der Waals surface area contributed by atoms with Crippen molar-refractivity contribution < 1.29 is 0 Å². The summed E-state index contributed by atoms with van der Waals surface area (Å²) in [6.45, 7) is 9.17. The first kappa shape index (κ1) is 18.9. The van der Waals surface area contributed by atoms with Crippen LogP contribution in [0.4, 0.5) is 0 Å². The molecule has 0 fully saturated rings. The fraction of sp³-hybridized carbons (Fsp3) is 0.636. The molecule has 2 nitrogen and oxygen atoms in total. The fourth-order valence-electron chi connectivity index (χ4n) is 3.70. The van der Waals surface area contributed by atoms with Gasteiger partial charge in [0.15, 0.2) is 0 Å². The maximum absolute atomic E-state index is 2.56. The first-order chi connectivity index (χ1) is 11.7. The van der Waals surface area contributed by atoms with Crippen LogP contribution in [0.2, 0.25) is 0 Å². The Balaban J connectivity index is 1.76. The molecule has 1 aromatic rings. The molecule has 1 aliphatic rings. The SMILES string of the molecule is CCCCCCCCCN1C=CN(Cc2ccccc2)C1C(C)C. The van der Waals surface area contributed by atoms with Crippen LogP contribution in [-0.2, 0) is 6.54 Å². The minimum absolute atomic E-state index is 0.505. The van der Waals surface area contributed by atoms with Crippen molar-refractivity contribution in [1.82, 2.24) is 9.80 Å². The van der Waals surface area contributed by atoms with E-state index in [1.165, 1.54) is 57.1 Å². The number of nitrogens with zero attached hydrogens (tertiary/aromatic N) is 2. The highest BCUT2D eigenvalue weighted by molar-refractivity contribution is 5.16. The highest BCUT2D eigenvalue weighted by Crippen LogP contribution is 2.25. The molecule has 1 unspecified atom stereocenters. The second-order valence-electron chi connectivity index (χ2n) is 7.47. The minimum Gasteiger partial charge on any atom is -0.356 e. The average Bonchev–Trinajstić information content (AvgIpc) is 2.98. The van der Waals surface area contributed by atoms with Gasteiger partial charge >= 0.3 is 0 Å². The van der Waals surface area contributed by atoms with Gasteiger partial charge in [0, 0.05) is 25.5 Å². The predicted molar refractivity (Wildman–Crippen MR) is 104 cm³/mol. The van der Waals surface area contributed by atoms with Crippen LogP contribution in [0.1, 0.15) is 71.3 Å². The lowest BCUT2D eigenvalue weighted by molar-refractivity contribution is 0.100. The van der Waals surface area contributed by atoms with Crippen LogP contribution in [0.15, 0.2) is 42.7 Å². The molecule has 0 radical (unpaired) electrons. The molecule has 1 aromatic carbocycles. The molecule has 0 saturated heterocycles. The van der Waals surface area contributed by atoms with Gasteiger partial charge in [-0.2, -0.15) is 0 Å². The fourth-order valence-corrected chi connectivity index (χ4v) is 3.70. The summed E-state index contributed by atoms with van der Waals surface area (Å²) >= 11 is 0. The lowest BCUT2D eigenvalue weighted by atomic mass is 10.1. The highest BCUT2D eigenvalue weighted by atomic mass is 15.4. The zero-order valence-electron chi connectivity index (χ0n) is 16.0. The summed E-state index contributed by atoms with van der Waals surface area (Å²) in [6.07, 6.45) is 14.8. The quantitative estimate of drug-likeness (QED) is 0.459. The van der Waals surface area contributed by atoms with Crippen LogP contribution in [-0.4, -0.2) is 22.5 Å². The Morgan fingerprint density at radius 1 is 0.833 bits per heavy atom. The predicted octanol–water partition coefficient (Wildman–Crippen LogP) is 6.01. The normalized spacial score (nSPS) is 17.2. The van der Waals surface area contributed by atoms with E-state index in [1.54, 1.807) is 0 Å². The largest absolute Gasteiger partial charge is 0.356 e. The summed E-state index contributed by atoms with van der Waals surface area (Å²) in [6, 6.07) is 10.8. The van der Waals surface area contributed by atoms with Gasteiger partial charge in [0.05, 0.1) is 0 Å². The average molecular weight is 329 g/mol. The molecule has 0 spiro atoms. The van der Waals surface area contributed by atoms with Gasteiger partial charge in [-0.1, -0.05) is 89.6 Å². The van der Waals surface area contributed by atoms with Gasteiger partial charge in [-0.3, -0.25) is 0 Å². The summed E-state index contributed by atoms with van der Waals surface area (Å²) in [7, 11) is 0. The zero-order valence-corrected chi connectivity index (χ0v) is 16.0. The van der Waals surface area contributed by atoms with Crippen molar-refractivity contribution in [2.24, 2.45) is 5.92 Å². The van der Waals surface area contributed by atoms with Crippen LogP contribution in [0.5, 0.6) is 0 Å². The molecule has 0 bridgehead atoms. The molecule has 0 aliphatic carbocycles. The number of hydrogen-bond acceptors (Lipinski definition) is 2. The topological polar surface area (TPSA) is 6.48 Å². The monoisotopic (exact) mass is 328 g/mol. The smallest absolute Gasteiger partial charge is 0.103 e. The van der Waals surface area contributed by atoms with E-state index in [2.05, 4.69) is 73.3 Å². The summed E-state index contributed by atoms with van der Waals surface area (Å²) in [5, 5.41) is 0. The van der Waals surface area contributed by atoms with Crippen molar-refractivity contribution in [2.45, 2.75) is 78.4 Å². The molecule has 0 amide bonds.